The molecule has 0 aliphatic rings. The van der Waals surface area contributed by atoms with Crippen molar-refractivity contribution in [1.82, 2.24) is 4.98 Å². The molecule has 0 saturated heterocycles. The molecule has 0 saturated carbocycles. The van der Waals surface area contributed by atoms with Crippen LogP contribution in [0.2, 0.25) is 5.02 Å². The molecular weight excluding hydrogens is 361 g/mol. The zero-order chi connectivity index (χ0) is 19.6. The van der Waals surface area contributed by atoms with E-state index in [0.717, 1.165) is 47.7 Å². The summed E-state index contributed by atoms with van der Waals surface area (Å²) in [6.45, 7) is 9.87. The number of allylic oxidation sites excluding steroid dienone is 1. The summed E-state index contributed by atoms with van der Waals surface area (Å²) in [5.74, 6) is 0.286. The van der Waals surface area contributed by atoms with E-state index in [9.17, 15) is 13.2 Å². The molecule has 0 aliphatic heterocycles. The molecule has 0 bridgehead atoms. The van der Waals surface area contributed by atoms with E-state index in [1.165, 1.54) is 12.1 Å². The van der Waals surface area contributed by atoms with Gasteiger partial charge >= 0.3 is 6.18 Å². The first-order chi connectivity index (χ1) is 12.1. The van der Waals surface area contributed by atoms with Gasteiger partial charge in [0, 0.05) is 11.3 Å². The third-order valence-electron chi connectivity index (χ3n) is 4.60. The number of halogens is 4. The maximum absolute atomic E-state index is 12.9. The van der Waals surface area contributed by atoms with Gasteiger partial charge in [-0.15, -0.1) is 0 Å². The van der Waals surface area contributed by atoms with Crippen LogP contribution in [0.5, 0.6) is 0 Å². The van der Waals surface area contributed by atoms with Crippen molar-refractivity contribution in [3.05, 3.63) is 57.8 Å². The molecule has 1 aromatic carbocycles. The fourth-order valence-corrected chi connectivity index (χ4v) is 3.32. The lowest BCUT2D eigenvalue weighted by Gasteiger charge is -2.18. The standard InChI is InChI=1S/C20H22ClF3N2/c1-5-11(2)6-8-15-12(3)18(19(25)26-13(15)4)14-7-9-16(17(21)10-14)20(22,23)24/h7,9-10H,2,5-6,8H2,1,3-4H3,(H2,25,26). The van der Waals surface area contributed by atoms with Crippen LogP contribution in [0.15, 0.2) is 30.4 Å². The first-order valence-corrected chi connectivity index (χ1v) is 8.73. The number of rotatable bonds is 5. The monoisotopic (exact) mass is 382 g/mol. The van der Waals surface area contributed by atoms with E-state index in [-0.39, 0.29) is 10.8 Å². The first-order valence-electron chi connectivity index (χ1n) is 8.35. The van der Waals surface area contributed by atoms with Gasteiger partial charge in [0.1, 0.15) is 5.82 Å². The molecule has 1 aromatic heterocycles. The summed E-state index contributed by atoms with van der Waals surface area (Å²) < 4.78 is 38.8. The number of alkyl halides is 3. The molecule has 0 unspecified atom stereocenters. The molecule has 0 amide bonds. The number of hydrogen-bond acceptors (Lipinski definition) is 2. The maximum Gasteiger partial charge on any atom is 0.417 e. The molecule has 26 heavy (non-hydrogen) atoms. The summed E-state index contributed by atoms with van der Waals surface area (Å²) in [6.07, 6.45) is -1.99. The Morgan fingerprint density at radius 3 is 2.46 bits per heavy atom. The predicted molar refractivity (Wildman–Crippen MR) is 101 cm³/mol. The minimum atomic E-state index is -4.49. The Bertz CT molecular complexity index is 842. The average molecular weight is 383 g/mol. The van der Waals surface area contributed by atoms with Gasteiger partial charge in [0.25, 0.3) is 0 Å². The van der Waals surface area contributed by atoms with Crippen LogP contribution in [0.3, 0.4) is 0 Å². The fraction of sp³-hybridized carbons (Fsp3) is 0.350. The number of hydrogen-bond donors (Lipinski definition) is 1. The fourth-order valence-electron chi connectivity index (χ4n) is 3.03. The van der Waals surface area contributed by atoms with Crippen LogP contribution < -0.4 is 5.73 Å². The van der Waals surface area contributed by atoms with Gasteiger partial charge in [-0.05, 0) is 61.9 Å². The molecule has 0 atom stereocenters. The minimum Gasteiger partial charge on any atom is -0.383 e. The maximum atomic E-state index is 12.9. The number of pyridine rings is 1. The molecule has 2 aromatic rings. The van der Waals surface area contributed by atoms with Crippen LogP contribution in [0.25, 0.3) is 11.1 Å². The van der Waals surface area contributed by atoms with Gasteiger partial charge < -0.3 is 5.73 Å². The molecule has 2 nitrogen and oxygen atoms in total. The molecular formula is C20H22ClF3N2. The van der Waals surface area contributed by atoms with Crippen molar-refractivity contribution in [3.63, 3.8) is 0 Å². The van der Waals surface area contributed by atoms with Crippen LogP contribution in [0.1, 0.15) is 42.1 Å². The summed E-state index contributed by atoms with van der Waals surface area (Å²) in [5, 5.41) is -0.352. The van der Waals surface area contributed by atoms with Crippen LogP contribution in [-0.4, -0.2) is 4.98 Å². The Labute approximate surface area is 156 Å². The summed E-state index contributed by atoms with van der Waals surface area (Å²) in [4.78, 5) is 4.40. The number of anilines is 1. The van der Waals surface area contributed by atoms with E-state index >= 15 is 0 Å². The molecule has 0 spiro atoms. The Balaban J connectivity index is 2.53. The number of aryl methyl sites for hydroxylation is 1. The first kappa shape index (κ1) is 20.3. The van der Waals surface area contributed by atoms with E-state index in [1.54, 1.807) is 0 Å². The van der Waals surface area contributed by atoms with Crippen molar-refractivity contribution in [3.8, 4) is 11.1 Å². The second-order valence-electron chi connectivity index (χ2n) is 6.36. The van der Waals surface area contributed by atoms with Crippen molar-refractivity contribution in [2.24, 2.45) is 0 Å². The van der Waals surface area contributed by atoms with Crippen LogP contribution in [-0.2, 0) is 12.6 Å². The summed E-state index contributed by atoms with van der Waals surface area (Å²) in [5.41, 5.74) is 10.3. The van der Waals surface area contributed by atoms with Gasteiger partial charge in [0.2, 0.25) is 0 Å². The van der Waals surface area contributed by atoms with Gasteiger partial charge in [-0.3, -0.25) is 0 Å². The largest absolute Gasteiger partial charge is 0.417 e. The number of nitrogen functional groups attached to an aromatic ring is 1. The summed E-state index contributed by atoms with van der Waals surface area (Å²) >= 11 is 5.87. The van der Waals surface area contributed by atoms with Gasteiger partial charge in [0.05, 0.1) is 10.6 Å². The normalized spacial score (nSPS) is 11.7. The molecule has 2 N–H and O–H groups in total. The van der Waals surface area contributed by atoms with E-state index in [4.69, 9.17) is 17.3 Å². The van der Waals surface area contributed by atoms with Gasteiger partial charge in [-0.2, -0.15) is 13.2 Å². The molecule has 1 heterocycles. The van der Waals surface area contributed by atoms with Crippen molar-refractivity contribution < 1.29 is 13.2 Å². The lowest BCUT2D eigenvalue weighted by atomic mass is 9.92. The Kier molecular flexibility index (Phi) is 6.02. The van der Waals surface area contributed by atoms with Gasteiger partial charge in [0.15, 0.2) is 0 Å². The van der Waals surface area contributed by atoms with Crippen LogP contribution in [0, 0.1) is 13.8 Å². The molecule has 2 rings (SSSR count). The molecule has 0 aliphatic carbocycles. The van der Waals surface area contributed by atoms with Crippen molar-refractivity contribution in [2.45, 2.75) is 46.2 Å². The average Bonchev–Trinajstić information content (AvgIpc) is 2.52. The molecule has 0 radical (unpaired) electrons. The number of benzene rings is 1. The third-order valence-corrected chi connectivity index (χ3v) is 4.91. The highest BCUT2D eigenvalue weighted by Gasteiger charge is 2.33. The summed E-state index contributed by atoms with van der Waals surface area (Å²) in [7, 11) is 0. The smallest absolute Gasteiger partial charge is 0.383 e. The van der Waals surface area contributed by atoms with Crippen LogP contribution in [0.4, 0.5) is 19.0 Å². The SMILES string of the molecule is C=C(CC)CCc1c(C)nc(N)c(-c2ccc(C(F)(F)F)c(Cl)c2)c1C. The second-order valence-corrected chi connectivity index (χ2v) is 6.76. The van der Waals surface area contributed by atoms with E-state index in [0.29, 0.717) is 11.1 Å². The molecule has 6 heteroatoms. The van der Waals surface area contributed by atoms with Crippen LogP contribution >= 0.6 is 11.6 Å². The van der Waals surface area contributed by atoms with Gasteiger partial charge in [-0.1, -0.05) is 36.7 Å². The summed E-state index contributed by atoms with van der Waals surface area (Å²) in [6, 6.07) is 3.67. The number of nitrogens with two attached hydrogens (primary N) is 1. The Morgan fingerprint density at radius 1 is 1.27 bits per heavy atom. The highest BCUT2D eigenvalue weighted by atomic mass is 35.5. The number of aromatic nitrogens is 1. The predicted octanol–water partition coefficient (Wildman–Crippen LogP) is 6.52. The topological polar surface area (TPSA) is 38.9 Å². The quantitative estimate of drug-likeness (QED) is 0.598. The number of nitrogens with zero attached hydrogens (tertiary/aromatic N) is 1. The van der Waals surface area contributed by atoms with E-state index in [2.05, 4.69) is 18.5 Å². The minimum absolute atomic E-state index is 0.286. The van der Waals surface area contributed by atoms with E-state index < -0.39 is 11.7 Å². The lowest BCUT2D eigenvalue weighted by Crippen LogP contribution is -2.07. The van der Waals surface area contributed by atoms with E-state index in [1.807, 2.05) is 13.8 Å². The second kappa shape index (κ2) is 7.70. The Morgan fingerprint density at radius 2 is 1.92 bits per heavy atom. The molecule has 140 valence electrons. The van der Waals surface area contributed by atoms with Crippen molar-refractivity contribution in [2.75, 3.05) is 5.73 Å². The zero-order valence-electron chi connectivity index (χ0n) is 15.1. The van der Waals surface area contributed by atoms with Gasteiger partial charge in [-0.25, -0.2) is 4.98 Å². The van der Waals surface area contributed by atoms with Crippen molar-refractivity contribution >= 4 is 17.4 Å². The highest BCUT2D eigenvalue weighted by Crippen LogP contribution is 2.39. The highest BCUT2D eigenvalue weighted by molar-refractivity contribution is 6.31. The lowest BCUT2D eigenvalue weighted by molar-refractivity contribution is -0.137. The molecule has 0 fully saturated rings. The van der Waals surface area contributed by atoms with Crippen molar-refractivity contribution in [1.29, 1.82) is 0 Å². The Hall–Kier alpha value is -2.01. The zero-order valence-corrected chi connectivity index (χ0v) is 15.9. The third kappa shape index (κ3) is 4.21.